The lowest BCUT2D eigenvalue weighted by Crippen LogP contribution is -1.80. The van der Waals surface area contributed by atoms with E-state index in [1.165, 1.54) is 0 Å². The largest absolute Gasteiger partial charge is 0.354 e. The molecule has 0 aliphatic carbocycles. The number of nitrogens with one attached hydrogen (secondary N) is 2. The maximum atomic E-state index is 4.45. The summed E-state index contributed by atoms with van der Waals surface area (Å²) in [7, 11) is 0. The van der Waals surface area contributed by atoms with Gasteiger partial charge in [0, 0.05) is 22.8 Å². The fourth-order valence-corrected chi connectivity index (χ4v) is 2.75. The van der Waals surface area contributed by atoms with Crippen LogP contribution in [0.25, 0.3) is 23.5 Å². The van der Waals surface area contributed by atoms with Crippen molar-refractivity contribution in [2.45, 2.75) is 13.8 Å². The number of hydrogen-bond acceptors (Lipinski definition) is 2. The van der Waals surface area contributed by atoms with E-state index in [-0.39, 0.29) is 0 Å². The summed E-state index contributed by atoms with van der Waals surface area (Å²) in [6.45, 7) is 4.00. The van der Waals surface area contributed by atoms with Gasteiger partial charge in [0.15, 0.2) is 0 Å². The van der Waals surface area contributed by atoms with E-state index in [2.05, 4.69) is 44.2 Å². The molecular formula is C20H18N4. The van der Waals surface area contributed by atoms with Crippen LogP contribution in [-0.4, -0.2) is 21.4 Å². The molecule has 4 heteroatoms. The molecule has 0 radical (unpaired) electrons. The minimum atomic E-state index is 0.971. The summed E-state index contributed by atoms with van der Waals surface area (Å²) in [6, 6.07) is 8.27. The van der Waals surface area contributed by atoms with Crippen LogP contribution >= 0.6 is 0 Å². The zero-order valence-corrected chi connectivity index (χ0v) is 13.7. The van der Waals surface area contributed by atoms with Gasteiger partial charge in [0.1, 0.15) is 0 Å². The number of rotatable bonds is 3. The highest BCUT2D eigenvalue weighted by molar-refractivity contribution is 5.97. The lowest BCUT2D eigenvalue weighted by molar-refractivity contribution is 1.29. The topological polar surface area (TPSA) is 56.3 Å². The van der Waals surface area contributed by atoms with Gasteiger partial charge in [-0.1, -0.05) is 0 Å². The summed E-state index contributed by atoms with van der Waals surface area (Å²) < 4.78 is 0. The second kappa shape index (κ2) is 5.81. The lowest BCUT2D eigenvalue weighted by Gasteiger charge is -1.94. The smallest absolute Gasteiger partial charge is 0.0654 e. The average molecular weight is 314 g/mol. The maximum Gasteiger partial charge on any atom is 0.0654 e. The number of hydrogen-bond donors (Lipinski definition) is 2. The van der Waals surface area contributed by atoms with Crippen LogP contribution in [0.1, 0.15) is 25.2 Å². The van der Waals surface area contributed by atoms with Gasteiger partial charge in [-0.15, -0.1) is 0 Å². The van der Waals surface area contributed by atoms with Crippen molar-refractivity contribution in [1.29, 1.82) is 0 Å². The van der Waals surface area contributed by atoms with E-state index >= 15 is 0 Å². The summed E-state index contributed by atoms with van der Waals surface area (Å²) in [6.07, 6.45) is 12.2. The van der Waals surface area contributed by atoms with Gasteiger partial charge in [-0.25, -0.2) is 0 Å². The Kier molecular flexibility index (Phi) is 3.50. The number of nitrogens with zero attached hydrogens (tertiary/aromatic N) is 2. The fourth-order valence-electron chi connectivity index (χ4n) is 2.75. The second-order valence-corrected chi connectivity index (χ2v) is 5.97. The highest BCUT2D eigenvalue weighted by Crippen LogP contribution is 2.22. The van der Waals surface area contributed by atoms with Gasteiger partial charge in [0.25, 0.3) is 0 Å². The quantitative estimate of drug-likeness (QED) is 0.821. The van der Waals surface area contributed by atoms with Crippen LogP contribution in [0.15, 0.2) is 69.9 Å². The molecule has 0 spiro atoms. The van der Waals surface area contributed by atoms with Crippen LogP contribution in [0.3, 0.4) is 0 Å². The van der Waals surface area contributed by atoms with Gasteiger partial charge < -0.3 is 9.97 Å². The first kappa shape index (κ1) is 14.5. The van der Waals surface area contributed by atoms with Gasteiger partial charge in [-0.2, -0.15) is 0 Å². The predicted octanol–water partition coefficient (Wildman–Crippen LogP) is 4.75. The Balaban J connectivity index is 1.56. The van der Waals surface area contributed by atoms with Crippen LogP contribution in [0.4, 0.5) is 0 Å². The van der Waals surface area contributed by atoms with E-state index in [1.807, 2.05) is 50.3 Å². The third-order valence-electron chi connectivity index (χ3n) is 3.92. The zero-order valence-electron chi connectivity index (χ0n) is 13.7. The van der Waals surface area contributed by atoms with Gasteiger partial charge in [0.2, 0.25) is 0 Å². The fraction of sp³-hybridized carbons (Fsp3) is 0.100. The van der Waals surface area contributed by atoms with Gasteiger partial charge in [-0.05, 0) is 74.6 Å². The Labute approximate surface area is 140 Å². The van der Waals surface area contributed by atoms with E-state index in [0.29, 0.717) is 0 Å². The van der Waals surface area contributed by atoms with Crippen molar-refractivity contribution >= 4 is 23.6 Å². The first-order valence-corrected chi connectivity index (χ1v) is 7.94. The van der Waals surface area contributed by atoms with Gasteiger partial charge in [0.05, 0.1) is 22.8 Å². The second-order valence-electron chi connectivity index (χ2n) is 5.97. The Morgan fingerprint density at radius 1 is 0.667 bits per heavy atom. The molecule has 0 saturated carbocycles. The minimum absolute atomic E-state index is 0.971. The Hall–Kier alpha value is -3.14. The van der Waals surface area contributed by atoms with Crippen molar-refractivity contribution < 1.29 is 0 Å². The van der Waals surface area contributed by atoms with Crippen LogP contribution in [-0.2, 0) is 0 Å². The summed E-state index contributed by atoms with van der Waals surface area (Å²) in [5, 5.41) is 0. The van der Waals surface area contributed by atoms with E-state index in [1.54, 1.807) is 0 Å². The van der Waals surface area contributed by atoms with E-state index < -0.39 is 0 Å². The van der Waals surface area contributed by atoms with E-state index in [4.69, 9.17) is 0 Å². The monoisotopic (exact) mass is 314 g/mol. The minimum Gasteiger partial charge on any atom is -0.354 e. The molecule has 0 amide bonds. The first-order chi connectivity index (χ1) is 11.7. The predicted molar refractivity (Wildman–Crippen MR) is 101 cm³/mol. The Morgan fingerprint density at radius 2 is 1.12 bits per heavy atom. The lowest BCUT2D eigenvalue weighted by atomic mass is 10.3. The molecule has 2 aromatic heterocycles. The van der Waals surface area contributed by atoms with Gasteiger partial charge in [-0.3, -0.25) is 9.98 Å². The van der Waals surface area contributed by atoms with Gasteiger partial charge >= 0.3 is 0 Å². The Morgan fingerprint density at radius 3 is 1.50 bits per heavy atom. The zero-order chi connectivity index (χ0) is 16.5. The van der Waals surface area contributed by atoms with Crippen molar-refractivity contribution in [3.63, 3.8) is 0 Å². The third-order valence-corrected chi connectivity index (χ3v) is 3.92. The molecule has 2 N–H and O–H groups in total. The third kappa shape index (κ3) is 2.99. The summed E-state index contributed by atoms with van der Waals surface area (Å²) >= 11 is 0. The molecule has 4 heterocycles. The summed E-state index contributed by atoms with van der Waals surface area (Å²) in [4.78, 5) is 15.7. The maximum absolute atomic E-state index is 4.45. The summed E-state index contributed by atoms with van der Waals surface area (Å²) in [5.41, 5.74) is 8.20. The normalized spacial score (nSPS) is 19.6. The Bertz CT molecular complexity index is 891. The molecule has 24 heavy (non-hydrogen) atoms. The molecule has 2 aromatic rings. The number of aliphatic imine (C=N–C) groups is 2. The molecule has 2 aliphatic heterocycles. The highest BCUT2D eigenvalue weighted by Gasteiger charge is 2.06. The molecule has 0 aromatic carbocycles. The van der Waals surface area contributed by atoms with Crippen molar-refractivity contribution in [2.75, 3.05) is 0 Å². The molecule has 118 valence electrons. The van der Waals surface area contributed by atoms with Crippen LogP contribution in [0.5, 0.6) is 0 Å². The number of allylic oxidation sites excluding steroid dienone is 4. The molecule has 0 atom stereocenters. The highest BCUT2D eigenvalue weighted by atomic mass is 14.8. The van der Waals surface area contributed by atoms with Crippen molar-refractivity contribution in [2.24, 2.45) is 9.98 Å². The molecule has 0 bridgehead atoms. The van der Waals surface area contributed by atoms with E-state index in [0.717, 1.165) is 45.6 Å². The van der Waals surface area contributed by atoms with Crippen molar-refractivity contribution in [1.82, 2.24) is 9.97 Å². The molecule has 0 saturated heterocycles. The van der Waals surface area contributed by atoms with Crippen LogP contribution in [0.2, 0.25) is 0 Å². The molecule has 4 rings (SSSR count). The van der Waals surface area contributed by atoms with E-state index in [9.17, 15) is 0 Å². The number of aromatic amines is 2. The SMILES string of the molecule is CC1=N/C(=C\c2ccc(-c3ccc(/C=C4\C=CC(C)=N4)[nH]3)[nH]2)C=C1. The summed E-state index contributed by atoms with van der Waals surface area (Å²) in [5.74, 6) is 0. The first-order valence-electron chi connectivity index (χ1n) is 7.94. The molecule has 2 aliphatic rings. The molecule has 0 fully saturated rings. The molecule has 0 unspecified atom stereocenters. The molecule has 4 nitrogen and oxygen atoms in total. The molecular weight excluding hydrogens is 296 g/mol. The standard InChI is InChI=1S/C20H18N4/c1-13-3-5-15(21-13)11-17-7-9-19(23-17)20-10-8-18(24-20)12-16-6-4-14(2)22-16/h3-12,23-24H,1-2H3/b15-11-,16-12+. The van der Waals surface area contributed by atoms with Crippen LogP contribution < -0.4 is 0 Å². The van der Waals surface area contributed by atoms with Crippen molar-refractivity contribution in [3.05, 3.63) is 71.4 Å². The number of H-pyrrole nitrogens is 2. The van der Waals surface area contributed by atoms with Crippen LogP contribution in [0, 0.1) is 0 Å². The van der Waals surface area contributed by atoms with Crippen molar-refractivity contribution in [3.8, 4) is 11.4 Å². The number of aromatic nitrogens is 2. The average Bonchev–Trinajstić information content (AvgIpc) is 3.30.